The minimum Gasteiger partial charge on any atom is -0.381 e. The van der Waals surface area contributed by atoms with Crippen LogP contribution >= 0.6 is 0 Å². The molecule has 6 heteroatoms. The van der Waals surface area contributed by atoms with Gasteiger partial charge in [-0.2, -0.15) is 0 Å². The molecule has 0 aliphatic rings. The van der Waals surface area contributed by atoms with Crippen LogP contribution in [0.5, 0.6) is 0 Å². The fourth-order valence-corrected chi connectivity index (χ4v) is 2.43. The van der Waals surface area contributed by atoms with Crippen molar-refractivity contribution in [2.24, 2.45) is 0 Å². The number of nitrogens with one attached hydrogen (secondary N) is 2. The van der Waals surface area contributed by atoms with Gasteiger partial charge in [0, 0.05) is 36.9 Å². The van der Waals surface area contributed by atoms with Crippen molar-refractivity contribution < 1.29 is 8.42 Å². The number of nitrogens with zero attached hydrogens (tertiary/aromatic N) is 1. The molecule has 2 rings (SSSR count). The van der Waals surface area contributed by atoms with E-state index in [1.807, 2.05) is 12.1 Å². The van der Waals surface area contributed by atoms with Gasteiger partial charge in [0.25, 0.3) is 0 Å². The molecule has 20 heavy (non-hydrogen) atoms. The third-order valence-corrected chi connectivity index (χ3v) is 3.47. The summed E-state index contributed by atoms with van der Waals surface area (Å²) < 4.78 is 26.8. The first-order chi connectivity index (χ1) is 9.46. The maximum atomic E-state index is 11.1. The molecule has 0 saturated heterocycles. The monoisotopic (exact) mass is 293 g/mol. The number of hydrogen-bond donors (Lipinski definition) is 2. The normalized spacial score (nSPS) is 11.3. The minimum absolute atomic E-state index is 0.565. The summed E-state index contributed by atoms with van der Waals surface area (Å²) in [6, 6.07) is 9.26. The van der Waals surface area contributed by atoms with E-state index in [9.17, 15) is 8.42 Å². The summed E-state index contributed by atoms with van der Waals surface area (Å²) in [5.41, 5.74) is 2.73. The van der Waals surface area contributed by atoms with E-state index in [1.165, 1.54) is 5.56 Å². The number of rotatable bonds is 6. The van der Waals surface area contributed by atoms with Crippen LogP contribution < -0.4 is 10.0 Å². The zero-order valence-corrected chi connectivity index (χ0v) is 12.4. The molecule has 0 aliphatic carbocycles. The topological polar surface area (TPSA) is 63.1 Å². The van der Waals surface area contributed by atoms with E-state index >= 15 is 0 Å². The van der Waals surface area contributed by atoms with Crippen LogP contribution in [-0.4, -0.2) is 19.2 Å². The molecular formula is C14H19N3O2S. The predicted molar refractivity (Wildman–Crippen MR) is 82.3 cm³/mol. The summed E-state index contributed by atoms with van der Waals surface area (Å²) in [4.78, 5) is 0. The Kier molecular flexibility index (Phi) is 4.34. The second-order valence-corrected chi connectivity index (χ2v) is 6.40. The van der Waals surface area contributed by atoms with Gasteiger partial charge in [-0.05, 0) is 42.8 Å². The van der Waals surface area contributed by atoms with Gasteiger partial charge in [-0.25, -0.2) is 8.42 Å². The molecule has 0 radical (unpaired) electrons. The third kappa shape index (κ3) is 4.31. The molecule has 0 atom stereocenters. The van der Waals surface area contributed by atoms with Crippen molar-refractivity contribution in [1.82, 2.24) is 4.57 Å². The Morgan fingerprint density at radius 2 is 1.75 bits per heavy atom. The second kappa shape index (κ2) is 6.00. The maximum absolute atomic E-state index is 11.1. The van der Waals surface area contributed by atoms with Crippen LogP contribution in [0, 0.1) is 0 Å². The predicted octanol–water partition coefficient (Wildman–Crippen LogP) is 2.49. The summed E-state index contributed by atoms with van der Waals surface area (Å²) in [6.07, 6.45) is 5.29. The Bertz CT molecular complexity index is 660. The van der Waals surface area contributed by atoms with Crippen molar-refractivity contribution in [3.05, 3.63) is 48.3 Å². The van der Waals surface area contributed by atoms with Gasteiger partial charge >= 0.3 is 0 Å². The summed E-state index contributed by atoms with van der Waals surface area (Å²) in [5, 5.41) is 3.30. The third-order valence-electron chi connectivity index (χ3n) is 2.86. The van der Waals surface area contributed by atoms with Crippen molar-refractivity contribution in [3.63, 3.8) is 0 Å². The van der Waals surface area contributed by atoms with Crippen LogP contribution in [0.3, 0.4) is 0 Å². The Balaban J connectivity index is 1.93. The molecule has 1 aromatic heterocycles. The molecule has 0 amide bonds. The lowest BCUT2D eigenvalue weighted by Gasteiger charge is -2.07. The van der Waals surface area contributed by atoms with Crippen molar-refractivity contribution in [2.45, 2.75) is 20.0 Å². The van der Waals surface area contributed by atoms with E-state index in [0.29, 0.717) is 5.69 Å². The number of aromatic nitrogens is 1. The van der Waals surface area contributed by atoms with Crippen LogP contribution in [0.25, 0.3) is 0 Å². The van der Waals surface area contributed by atoms with Crippen LogP contribution in [0.15, 0.2) is 42.7 Å². The molecule has 5 nitrogen and oxygen atoms in total. The van der Waals surface area contributed by atoms with Crippen LogP contribution in [-0.2, 0) is 23.1 Å². The fourth-order valence-electron chi connectivity index (χ4n) is 1.87. The van der Waals surface area contributed by atoms with Crippen molar-refractivity contribution in [2.75, 3.05) is 16.3 Å². The molecule has 1 heterocycles. The van der Waals surface area contributed by atoms with Gasteiger partial charge in [-0.15, -0.1) is 0 Å². The molecule has 0 unspecified atom stereocenters. The molecule has 0 saturated carbocycles. The molecule has 108 valence electrons. The Labute approximate surface area is 119 Å². The van der Waals surface area contributed by atoms with E-state index in [-0.39, 0.29) is 0 Å². The van der Waals surface area contributed by atoms with Gasteiger partial charge in [0.15, 0.2) is 0 Å². The Morgan fingerprint density at radius 1 is 1.10 bits per heavy atom. The lowest BCUT2D eigenvalue weighted by molar-refractivity contribution is 0.607. The number of benzene rings is 1. The number of anilines is 2. The summed E-state index contributed by atoms with van der Waals surface area (Å²) in [6.45, 7) is 3.81. The van der Waals surface area contributed by atoms with Crippen molar-refractivity contribution >= 4 is 21.4 Å². The van der Waals surface area contributed by atoms with E-state index in [1.54, 1.807) is 12.1 Å². The zero-order chi connectivity index (χ0) is 14.6. The van der Waals surface area contributed by atoms with E-state index < -0.39 is 10.0 Å². The molecule has 0 bridgehead atoms. The number of sulfonamides is 1. The highest BCUT2D eigenvalue weighted by molar-refractivity contribution is 7.92. The average molecular weight is 293 g/mol. The van der Waals surface area contributed by atoms with Crippen LogP contribution in [0.4, 0.5) is 11.4 Å². The summed E-state index contributed by atoms with van der Waals surface area (Å²) in [5.74, 6) is 0. The number of hydrogen-bond acceptors (Lipinski definition) is 3. The van der Waals surface area contributed by atoms with E-state index in [4.69, 9.17) is 0 Å². The van der Waals surface area contributed by atoms with Crippen LogP contribution in [0.2, 0.25) is 0 Å². The van der Waals surface area contributed by atoms with Crippen molar-refractivity contribution in [3.8, 4) is 0 Å². The minimum atomic E-state index is -3.22. The molecule has 2 N–H and O–H groups in total. The molecule has 0 fully saturated rings. The smallest absolute Gasteiger partial charge is 0.229 e. The molecule has 0 aliphatic heterocycles. The Hall–Kier alpha value is -1.95. The van der Waals surface area contributed by atoms with Gasteiger partial charge in [-0.1, -0.05) is 0 Å². The van der Waals surface area contributed by atoms with Gasteiger partial charge in [-0.3, -0.25) is 4.72 Å². The average Bonchev–Trinajstić information content (AvgIpc) is 2.84. The highest BCUT2D eigenvalue weighted by Crippen LogP contribution is 2.15. The SMILES string of the molecule is CCn1ccc(CNc2ccc(NS(C)(=O)=O)cc2)c1. The lowest BCUT2D eigenvalue weighted by atomic mass is 10.2. The molecular weight excluding hydrogens is 274 g/mol. The number of aryl methyl sites for hydroxylation is 1. The highest BCUT2D eigenvalue weighted by Gasteiger charge is 2.01. The lowest BCUT2D eigenvalue weighted by Crippen LogP contribution is -2.09. The largest absolute Gasteiger partial charge is 0.381 e. The standard InChI is InChI=1S/C14H19N3O2S/c1-3-17-9-8-12(11-17)10-15-13-4-6-14(7-5-13)16-20(2,18)19/h4-9,11,15-16H,3,10H2,1-2H3. The first-order valence-corrected chi connectivity index (χ1v) is 8.32. The maximum Gasteiger partial charge on any atom is 0.229 e. The highest BCUT2D eigenvalue weighted by atomic mass is 32.2. The second-order valence-electron chi connectivity index (χ2n) is 4.66. The van der Waals surface area contributed by atoms with Gasteiger partial charge in [0.05, 0.1) is 6.26 Å². The molecule has 1 aromatic carbocycles. The van der Waals surface area contributed by atoms with Crippen molar-refractivity contribution in [1.29, 1.82) is 0 Å². The van der Waals surface area contributed by atoms with Gasteiger partial charge in [0.1, 0.15) is 0 Å². The summed E-state index contributed by atoms with van der Waals surface area (Å²) >= 11 is 0. The van der Waals surface area contributed by atoms with Gasteiger partial charge in [0.2, 0.25) is 10.0 Å². The fraction of sp³-hybridized carbons (Fsp3) is 0.286. The first-order valence-electron chi connectivity index (χ1n) is 6.42. The Morgan fingerprint density at radius 3 is 2.30 bits per heavy atom. The van der Waals surface area contributed by atoms with E-state index in [0.717, 1.165) is 25.0 Å². The summed E-state index contributed by atoms with van der Waals surface area (Å²) in [7, 11) is -3.22. The van der Waals surface area contributed by atoms with Gasteiger partial charge < -0.3 is 9.88 Å². The van der Waals surface area contributed by atoms with Crippen LogP contribution in [0.1, 0.15) is 12.5 Å². The first kappa shape index (κ1) is 14.5. The molecule has 2 aromatic rings. The molecule has 0 spiro atoms. The zero-order valence-electron chi connectivity index (χ0n) is 11.6. The van der Waals surface area contributed by atoms with E-state index in [2.05, 4.69) is 40.0 Å². The quantitative estimate of drug-likeness (QED) is 0.860.